The zero-order valence-corrected chi connectivity index (χ0v) is 16.6. The van der Waals surface area contributed by atoms with Gasteiger partial charge in [0.05, 0.1) is 5.69 Å². The molecule has 1 fully saturated rings. The van der Waals surface area contributed by atoms with Gasteiger partial charge in [0, 0.05) is 6.54 Å². The molecule has 0 aliphatic heterocycles. The Balaban J connectivity index is 0.00000210. The van der Waals surface area contributed by atoms with E-state index in [0.717, 1.165) is 6.42 Å². The van der Waals surface area contributed by atoms with Crippen LogP contribution in [0.15, 0.2) is 53.5 Å². The van der Waals surface area contributed by atoms with E-state index in [1.54, 1.807) is 6.07 Å². The van der Waals surface area contributed by atoms with E-state index in [1.165, 1.54) is 29.3 Å². The summed E-state index contributed by atoms with van der Waals surface area (Å²) in [6.45, 7) is 0.560. The first-order valence-corrected chi connectivity index (χ1v) is 8.42. The first kappa shape index (κ1) is 19.8. The first-order chi connectivity index (χ1) is 12.4. The Bertz CT molecular complexity index is 856. The molecule has 27 heavy (non-hydrogen) atoms. The number of alkyl halides is 3. The van der Waals surface area contributed by atoms with Crippen LogP contribution in [0, 0.1) is 11.8 Å². The van der Waals surface area contributed by atoms with Gasteiger partial charge in [0.2, 0.25) is 0 Å². The van der Waals surface area contributed by atoms with E-state index in [0.29, 0.717) is 24.3 Å². The molecule has 0 spiro atoms. The number of anilines is 1. The van der Waals surface area contributed by atoms with E-state index in [2.05, 4.69) is 33.2 Å². The second-order valence-corrected chi connectivity index (χ2v) is 6.65. The highest BCUT2D eigenvalue weighted by Crippen LogP contribution is 2.61. The number of fused-ring (bicyclic) bond motifs is 3. The average molecular weight is 489 g/mol. The van der Waals surface area contributed by atoms with Gasteiger partial charge in [0.25, 0.3) is 0 Å². The molecule has 2 aliphatic carbocycles. The fraction of sp³-hybridized carbons (Fsp3) is 0.316. The second kappa shape index (κ2) is 7.57. The van der Waals surface area contributed by atoms with Crippen molar-refractivity contribution in [2.75, 3.05) is 11.9 Å². The summed E-state index contributed by atoms with van der Waals surface area (Å²) in [5, 5.41) is 2.70. The van der Waals surface area contributed by atoms with Crippen LogP contribution in [0.5, 0.6) is 5.75 Å². The molecule has 0 radical (unpaired) electrons. The summed E-state index contributed by atoms with van der Waals surface area (Å²) in [6.07, 6.45) is -3.70. The first-order valence-electron chi connectivity index (χ1n) is 8.42. The summed E-state index contributed by atoms with van der Waals surface area (Å²) in [4.78, 5) is 4.32. The van der Waals surface area contributed by atoms with Gasteiger partial charge in [-0.25, -0.2) is 0 Å². The van der Waals surface area contributed by atoms with Crippen molar-refractivity contribution in [2.24, 2.45) is 22.6 Å². The zero-order valence-electron chi connectivity index (χ0n) is 14.2. The van der Waals surface area contributed by atoms with E-state index in [4.69, 9.17) is 5.73 Å². The Morgan fingerprint density at radius 2 is 1.85 bits per heavy atom. The summed E-state index contributed by atoms with van der Waals surface area (Å²) < 4.78 is 41.4. The number of nitrogens with zero attached hydrogens (tertiary/aromatic N) is 1. The van der Waals surface area contributed by atoms with Crippen molar-refractivity contribution in [1.82, 2.24) is 0 Å². The maximum absolute atomic E-state index is 12.5. The quantitative estimate of drug-likeness (QED) is 0.378. The maximum Gasteiger partial charge on any atom is 0.573 e. The minimum atomic E-state index is -4.76. The third-order valence-electron chi connectivity index (χ3n) is 5.05. The monoisotopic (exact) mass is 489 g/mol. The molecule has 2 aromatic rings. The predicted molar refractivity (Wildman–Crippen MR) is 109 cm³/mol. The van der Waals surface area contributed by atoms with Crippen LogP contribution in [-0.4, -0.2) is 18.9 Å². The number of ether oxygens (including phenoxy) is 1. The van der Waals surface area contributed by atoms with Crippen LogP contribution in [0.25, 0.3) is 0 Å². The van der Waals surface area contributed by atoms with Crippen molar-refractivity contribution >= 4 is 35.6 Å². The smallest absolute Gasteiger partial charge is 0.404 e. The Morgan fingerprint density at radius 1 is 1.15 bits per heavy atom. The van der Waals surface area contributed by atoms with Crippen LogP contribution in [-0.2, 0) is 6.42 Å². The number of para-hydroxylation sites is 2. The lowest BCUT2D eigenvalue weighted by molar-refractivity contribution is -0.274. The molecule has 2 aliphatic rings. The SMILES string of the molecule is I.NC(=NCC1C2Cc3ccccc3C12)Nc1ccccc1OC(F)(F)F. The molecule has 0 amide bonds. The highest BCUT2D eigenvalue weighted by atomic mass is 127. The summed E-state index contributed by atoms with van der Waals surface area (Å²) >= 11 is 0. The van der Waals surface area contributed by atoms with Gasteiger partial charge < -0.3 is 15.8 Å². The summed E-state index contributed by atoms with van der Waals surface area (Å²) in [5.41, 5.74) is 8.80. The number of nitrogens with two attached hydrogens (primary N) is 1. The van der Waals surface area contributed by atoms with Crippen molar-refractivity contribution in [3.63, 3.8) is 0 Å². The largest absolute Gasteiger partial charge is 0.573 e. The molecule has 1 saturated carbocycles. The summed E-state index contributed by atoms with van der Waals surface area (Å²) in [7, 11) is 0. The number of nitrogens with one attached hydrogen (secondary N) is 1. The molecule has 3 atom stereocenters. The number of aliphatic imine (C=N–C) groups is 1. The van der Waals surface area contributed by atoms with Crippen LogP contribution in [0.1, 0.15) is 17.0 Å². The number of guanidine groups is 1. The minimum absolute atomic E-state index is 0. The second-order valence-electron chi connectivity index (χ2n) is 6.65. The lowest BCUT2D eigenvalue weighted by atomic mass is 10.0. The van der Waals surface area contributed by atoms with Crippen molar-refractivity contribution < 1.29 is 17.9 Å². The van der Waals surface area contributed by atoms with E-state index in [-0.39, 0.29) is 41.4 Å². The average Bonchev–Trinajstić information content (AvgIpc) is 3.12. The Labute approximate surface area is 172 Å². The molecule has 144 valence electrons. The maximum atomic E-state index is 12.5. The molecule has 2 aromatic carbocycles. The van der Waals surface area contributed by atoms with Crippen molar-refractivity contribution in [3.05, 3.63) is 59.7 Å². The van der Waals surface area contributed by atoms with E-state index < -0.39 is 6.36 Å². The molecule has 8 heteroatoms. The van der Waals surface area contributed by atoms with Crippen LogP contribution >= 0.6 is 24.0 Å². The molecule has 0 saturated heterocycles. The Hall–Kier alpha value is -1.97. The Kier molecular flexibility index (Phi) is 5.55. The van der Waals surface area contributed by atoms with Gasteiger partial charge in [-0.15, -0.1) is 37.1 Å². The van der Waals surface area contributed by atoms with Crippen LogP contribution in [0.3, 0.4) is 0 Å². The van der Waals surface area contributed by atoms with Crippen molar-refractivity contribution in [2.45, 2.75) is 18.7 Å². The van der Waals surface area contributed by atoms with E-state index in [9.17, 15) is 13.2 Å². The Morgan fingerprint density at radius 3 is 2.63 bits per heavy atom. The third-order valence-corrected chi connectivity index (χ3v) is 5.05. The third kappa shape index (κ3) is 4.31. The van der Waals surface area contributed by atoms with Crippen LogP contribution in [0.2, 0.25) is 0 Å². The molecule has 0 aromatic heterocycles. The summed E-state index contributed by atoms with van der Waals surface area (Å²) in [6, 6.07) is 14.2. The van der Waals surface area contributed by atoms with Gasteiger partial charge >= 0.3 is 6.36 Å². The fourth-order valence-electron chi connectivity index (χ4n) is 3.90. The standard InChI is InChI=1S/C19H18F3N3O.HI/c20-19(21,22)26-16-8-4-3-7-15(16)25-18(23)24-10-14-13-9-11-5-1-2-6-12(11)17(13)14;/h1-8,13-14,17H,9-10H2,(H3,23,24,25);1H. The fourth-order valence-corrected chi connectivity index (χ4v) is 3.90. The zero-order chi connectivity index (χ0) is 18.3. The molecule has 3 unspecified atom stereocenters. The molecule has 0 bridgehead atoms. The lowest BCUT2D eigenvalue weighted by Gasteiger charge is -2.14. The summed E-state index contributed by atoms with van der Waals surface area (Å²) in [5.74, 6) is 1.33. The van der Waals surface area contributed by atoms with E-state index >= 15 is 0 Å². The molecule has 3 N–H and O–H groups in total. The van der Waals surface area contributed by atoms with Crippen LogP contribution in [0.4, 0.5) is 18.9 Å². The number of benzene rings is 2. The molecule has 0 heterocycles. The predicted octanol–water partition coefficient (Wildman–Crippen LogP) is 4.52. The highest BCUT2D eigenvalue weighted by Gasteiger charge is 2.54. The topological polar surface area (TPSA) is 59.6 Å². The van der Waals surface area contributed by atoms with Crippen molar-refractivity contribution in [1.29, 1.82) is 0 Å². The van der Waals surface area contributed by atoms with Gasteiger partial charge in [-0.05, 0) is 47.4 Å². The highest BCUT2D eigenvalue weighted by molar-refractivity contribution is 14.0. The molecule has 4 rings (SSSR count). The minimum Gasteiger partial charge on any atom is -0.404 e. The number of halogens is 4. The van der Waals surface area contributed by atoms with Crippen LogP contribution < -0.4 is 15.8 Å². The van der Waals surface area contributed by atoms with Gasteiger partial charge in [-0.1, -0.05) is 36.4 Å². The van der Waals surface area contributed by atoms with E-state index in [1.807, 2.05) is 6.07 Å². The van der Waals surface area contributed by atoms with Gasteiger partial charge in [-0.3, -0.25) is 4.99 Å². The number of rotatable bonds is 4. The van der Waals surface area contributed by atoms with Gasteiger partial charge in [-0.2, -0.15) is 0 Å². The molecule has 4 nitrogen and oxygen atoms in total. The molecular weight excluding hydrogens is 470 g/mol. The normalized spacial score (nSPS) is 23.1. The lowest BCUT2D eigenvalue weighted by Crippen LogP contribution is -2.25. The number of hydrogen-bond acceptors (Lipinski definition) is 2. The van der Waals surface area contributed by atoms with Crippen molar-refractivity contribution in [3.8, 4) is 5.75 Å². The molecular formula is C19H19F3IN3O. The van der Waals surface area contributed by atoms with Gasteiger partial charge in [0.15, 0.2) is 11.7 Å². The number of hydrogen-bond donors (Lipinski definition) is 2. The van der Waals surface area contributed by atoms with Gasteiger partial charge in [0.1, 0.15) is 0 Å².